The van der Waals surface area contributed by atoms with E-state index in [1.54, 1.807) is 6.26 Å². The van der Waals surface area contributed by atoms with Gasteiger partial charge in [0.15, 0.2) is 0 Å². The molecule has 2 heterocycles. The lowest BCUT2D eigenvalue weighted by molar-refractivity contribution is 0.0932. The number of nitrogens with zero attached hydrogens (tertiary/aromatic N) is 1. The Hall–Kier alpha value is -2.37. The van der Waals surface area contributed by atoms with E-state index in [1.165, 1.54) is 0 Å². The van der Waals surface area contributed by atoms with E-state index in [9.17, 15) is 0 Å². The van der Waals surface area contributed by atoms with E-state index in [1.807, 2.05) is 42.5 Å². The van der Waals surface area contributed by atoms with E-state index in [-0.39, 0.29) is 0 Å². The van der Waals surface area contributed by atoms with E-state index >= 15 is 0 Å². The monoisotopic (exact) mass is 269 g/mol. The lowest BCUT2D eigenvalue weighted by Crippen LogP contribution is -2.12. The van der Waals surface area contributed by atoms with Gasteiger partial charge in [0.2, 0.25) is 0 Å². The van der Waals surface area contributed by atoms with Gasteiger partial charge in [0.05, 0.1) is 18.4 Å². The number of aromatic nitrogens is 1. The number of hydrazine groups is 1. The lowest BCUT2D eigenvalue weighted by Gasteiger charge is -2.10. The van der Waals surface area contributed by atoms with Crippen LogP contribution < -0.4 is 11.3 Å². The number of anilines is 1. The van der Waals surface area contributed by atoms with Gasteiger partial charge < -0.3 is 14.6 Å². The molecular formula is C15H15N3O2. The van der Waals surface area contributed by atoms with Crippen LogP contribution in [0.3, 0.4) is 0 Å². The Morgan fingerprint density at radius 1 is 1.15 bits per heavy atom. The molecule has 0 saturated heterocycles. The van der Waals surface area contributed by atoms with Crippen molar-refractivity contribution in [3.8, 4) is 0 Å². The molecule has 3 N–H and O–H groups in total. The summed E-state index contributed by atoms with van der Waals surface area (Å²) in [6.07, 6.45) is 1.63. The van der Waals surface area contributed by atoms with Gasteiger partial charge in [-0.1, -0.05) is 18.2 Å². The number of furan rings is 1. The van der Waals surface area contributed by atoms with Crippen LogP contribution in [0.5, 0.6) is 0 Å². The predicted octanol–water partition coefficient (Wildman–Crippen LogP) is 2.83. The van der Waals surface area contributed by atoms with Crippen molar-refractivity contribution < 1.29 is 9.15 Å². The van der Waals surface area contributed by atoms with Crippen molar-refractivity contribution in [2.75, 3.05) is 5.43 Å². The summed E-state index contributed by atoms with van der Waals surface area (Å²) in [6, 6.07) is 13.6. The summed E-state index contributed by atoms with van der Waals surface area (Å²) in [5, 5.41) is 1.06. The quantitative estimate of drug-likeness (QED) is 0.550. The third-order valence-corrected chi connectivity index (χ3v) is 3.02. The second kappa shape index (κ2) is 5.73. The molecule has 0 saturated carbocycles. The molecule has 0 radical (unpaired) electrons. The molecule has 2 aromatic heterocycles. The van der Waals surface area contributed by atoms with Crippen LogP contribution in [0.2, 0.25) is 0 Å². The number of fused-ring (bicyclic) bond motifs is 1. The number of nitrogens with two attached hydrogens (primary N) is 1. The van der Waals surface area contributed by atoms with Gasteiger partial charge in [-0.05, 0) is 24.3 Å². The largest absolute Gasteiger partial charge is 0.467 e. The van der Waals surface area contributed by atoms with E-state index in [0.717, 1.165) is 22.2 Å². The number of nitrogen functional groups attached to an aromatic ring is 1. The van der Waals surface area contributed by atoms with Crippen LogP contribution in [-0.4, -0.2) is 4.98 Å². The van der Waals surface area contributed by atoms with Crippen molar-refractivity contribution in [3.05, 3.63) is 60.1 Å². The van der Waals surface area contributed by atoms with Crippen LogP contribution in [0, 0.1) is 0 Å². The Labute approximate surface area is 116 Å². The van der Waals surface area contributed by atoms with Gasteiger partial charge in [-0.3, -0.25) is 0 Å². The van der Waals surface area contributed by atoms with Crippen molar-refractivity contribution in [2.24, 2.45) is 5.84 Å². The third-order valence-electron chi connectivity index (χ3n) is 3.02. The van der Waals surface area contributed by atoms with E-state index in [4.69, 9.17) is 15.0 Å². The molecule has 0 aliphatic carbocycles. The Morgan fingerprint density at radius 2 is 2.05 bits per heavy atom. The third kappa shape index (κ3) is 2.64. The number of hydrogen-bond acceptors (Lipinski definition) is 5. The maximum atomic E-state index is 5.63. The predicted molar refractivity (Wildman–Crippen MR) is 76.8 cm³/mol. The van der Waals surface area contributed by atoms with Crippen LogP contribution in [-0.2, 0) is 18.0 Å². The zero-order valence-electron chi connectivity index (χ0n) is 10.9. The summed E-state index contributed by atoms with van der Waals surface area (Å²) in [4.78, 5) is 4.47. The summed E-state index contributed by atoms with van der Waals surface area (Å²) in [6.45, 7) is 0.835. The Balaban J connectivity index is 1.78. The summed E-state index contributed by atoms with van der Waals surface area (Å²) >= 11 is 0. The normalized spacial score (nSPS) is 10.8. The van der Waals surface area contributed by atoms with Crippen molar-refractivity contribution in [1.29, 1.82) is 0 Å². The molecule has 0 unspecified atom stereocenters. The second-order valence-corrected chi connectivity index (χ2v) is 4.41. The van der Waals surface area contributed by atoms with Crippen LogP contribution >= 0.6 is 0 Å². The highest BCUT2D eigenvalue weighted by Gasteiger charge is 2.06. The zero-order valence-corrected chi connectivity index (χ0v) is 10.9. The zero-order chi connectivity index (χ0) is 13.8. The number of para-hydroxylation sites is 1. The molecule has 3 rings (SSSR count). The van der Waals surface area contributed by atoms with Gasteiger partial charge in [0.1, 0.15) is 18.2 Å². The Kier molecular flexibility index (Phi) is 3.62. The minimum atomic E-state index is 0.415. The molecule has 0 amide bonds. The van der Waals surface area contributed by atoms with Gasteiger partial charge >= 0.3 is 0 Å². The molecule has 0 spiro atoms. The molecule has 0 atom stereocenters. The average Bonchev–Trinajstić information content (AvgIpc) is 3.00. The molecule has 20 heavy (non-hydrogen) atoms. The van der Waals surface area contributed by atoms with Crippen LogP contribution in [0.25, 0.3) is 10.9 Å². The highest BCUT2D eigenvalue weighted by atomic mass is 16.5. The molecule has 5 nitrogen and oxygen atoms in total. The second-order valence-electron chi connectivity index (χ2n) is 4.41. The fourth-order valence-corrected chi connectivity index (χ4v) is 2.05. The maximum absolute atomic E-state index is 5.63. The SMILES string of the molecule is NNc1nc2ccccc2cc1COCc1ccco1. The lowest BCUT2D eigenvalue weighted by atomic mass is 10.1. The van der Waals surface area contributed by atoms with E-state index in [0.29, 0.717) is 19.0 Å². The first-order valence-electron chi connectivity index (χ1n) is 6.32. The molecule has 0 fully saturated rings. The topological polar surface area (TPSA) is 73.3 Å². The Bertz CT molecular complexity index is 695. The summed E-state index contributed by atoms with van der Waals surface area (Å²) in [7, 11) is 0. The fraction of sp³-hybridized carbons (Fsp3) is 0.133. The van der Waals surface area contributed by atoms with Crippen LogP contribution in [0.4, 0.5) is 5.82 Å². The molecule has 3 aromatic rings. The molecule has 0 bridgehead atoms. The van der Waals surface area contributed by atoms with Crippen LogP contribution in [0.15, 0.2) is 53.1 Å². The number of hydrogen-bond donors (Lipinski definition) is 2. The standard InChI is InChI=1S/C15H15N3O2/c16-18-15-12(9-19-10-13-5-3-7-20-13)8-11-4-1-2-6-14(11)17-15/h1-8H,9-10,16H2,(H,17,18). The number of benzene rings is 1. The molecule has 1 aromatic carbocycles. The van der Waals surface area contributed by atoms with Gasteiger partial charge in [0.25, 0.3) is 0 Å². The van der Waals surface area contributed by atoms with Gasteiger partial charge in [-0.25, -0.2) is 10.8 Å². The van der Waals surface area contributed by atoms with Crippen LogP contribution in [0.1, 0.15) is 11.3 Å². The Morgan fingerprint density at radius 3 is 2.85 bits per heavy atom. The van der Waals surface area contributed by atoms with Gasteiger partial charge in [-0.2, -0.15) is 0 Å². The summed E-state index contributed by atoms with van der Waals surface area (Å²) in [5.41, 5.74) is 4.43. The van der Waals surface area contributed by atoms with Gasteiger partial charge in [-0.15, -0.1) is 0 Å². The molecule has 5 heteroatoms. The molecule has 0 aliphatic rings. The first-order valence-corrected chi connectivity index (χ1v) is 6.32. The van der Waals surface area contributed by atoms with E-state index in [2.05, 4.69) is 10.4 Å². The highest BCUT2D eigenvalue weighted by Crippen LogP contribution is 2.21. The smallest absolute Gasteiger partial charge is 0.146 e. The number of nitrogens with one attached hydrogen (secondary N) is 1. The fourth-order valence-electron chi connectivity index (χ4n) is 2.05. The number of rotatable bonds is 5. The number of pyridine rings is 1. The molecule has 102 valence electrons. The molecular weight excluding hydrogens is 254 g/mol. The summed E-state index contributed by atoms with van der Waals surface area (Å²) < 4.78 is 10.8. The highest BCUT2D eigenvalue weighted by molar-refractivity contribution is 5.81. The minimum Gasteiger partial charge on any atom is -0.467 e. The maximum Gasteiger partial charge on any atom is 0.146 e. The van der Waals surface area contributed by atoms with Gasteiger partial charge in [0, 0.05) is 10.9 Å². The first-order chi connectivity index (χ1) is 9.86. The minimum absolute atomic E-state index is 0.415. The van der Waals surface area contributed by atoms with Crippen molar-refractivity contribution in [2.45, 2.75) is 13.2 Å². The van der Waals surface area contributed by atoms with Crippen molar-refractivity contribution >= 4 is 16.7 Å². The van der Waals surface area contributed by atoms with Crippen molar-refractivity contribution in [1.82, 2.24) is 4.98 Å². The average molecular weight is 269 g/mol. The summed E-state index contributed by atoms with van der Waals surface area (Å²) in [5.74, 6) is 6.94. The van der Waals surface area contributed by atoms with Crippen molar-refractivity contribution in [3.63, 3.8) is 0 Å². The number of ether oxygens (including phenoxy) is 1. The molecule has 0 aliphatic heterocycles. The first kappa shape index (κ1) is 12.7. The van der Waals surface area contributed by atoms with E-state index < -0.39 is 0 Å².